The molecule has 0 aliphatic carbocycles. The molecule has 2 aromatic carbocycles. The first kappa shape index (κ1) is 14.1. The molecule has 20 heavy (non-hydrogen) atoms. The predicted octanol–water partition coefficient (Wildman–Crippen LogP) is 3.53. The number of methoxy groups -OCH3 is 1. The van der Waals surface area contributed by atoms with Gasteiger partial charge in [0.2, 0.25) is 0 Å². The van der Waals surface area contributed by atoms with E-state index in [1.54, 1.807) is 31.2 Å². The molecule has 0 radical (unpaired) electrons. The molecule has 0 saturated heterocycles. The molecule has 4 heteroatoms. The van der Waals surface area contributed by atoms with Gasteiger partial charge in [0.15, 0.2) is 0 Å². The first-order valence-corrected chi connectivity index (χ1v) is 6.28. The summed E-state index contributed by atoms with van der Waals surface area (Å²) in [6.07, 6.45) is 0. The summed E-state index contributed by atoms with van der Waals surface area (Å²) in [6, 6.07) is 12.1. The number of carbonyl (C=O) groups excluding carboxylic acids is 1. The molecule has 0 bridgehead atoms. The van der Waals surface area contributed by atoms with E-state index < -0.39 is 0 Å². The highest BCUT2D eigenvalue weighted by molar-refractivity contribution is 5.91. The summed E-state index contributed by atoms with van der Waals surface area (Å²) in [5, 5.41) is 3.14. The molecule has 1 N–H and O–H groups in total. The van der Waals surface area contributed by atoms with Crippen LogP contribution in [0.2, 0.25) is 0 Å². The summed E-state index contributed by atoms with van der Waals surface area (Å²) >= 11 is 0. The summed E-state index contributed by atoms with van der Waals surface area (Å²) in [5.74, 6) is -0.630. The highest BCUT2D eigenvalue weighted by Crippen LogP contribution is 2.19. The van der Waals surface area contributed by atoms with E-state index in [4.69, 9.17) is 4.74 Å². The van der Waals surface area contributed by atoms with Crippen LogP contribution in [-0.4, -0.2) is 13.1 Å². The van der Waals surface area contributed by atoms with Crippen molar-refractivity contribution in [1.82, 2.24) is 0 Å². The van der Waals surface area contributed by atoms with Gasteiger partial charge in [-0.3, -0.25) is 0 Å². The van der Waals surface area contributed by atoms with Gasteiger partial charge in [0.25, 0.3) is 0 Å². The topological polar surface area (TPSA) is 38.3 Å². The maximum atomic E-state index is 13.5. The molecule has 2 aromatic rings. The zero-order valence-electron chi connectivity index (χ0n) is 11.4. The average Bonchev–Trinajstić information content (AvgIpc) is 2.48. The molecule has 0 aromatic heterocycles. The van der Waals surface area contributed by atoms with E-state index in [1.807, 2.05) is 12.1 Å². The van der Waals surface area contributed by atoms with E-state index >= 15 is 0 Å². The Balaban J connectivity index is 2.19. The highest BCUT2D eigenvalue weighted by Gasteiger charge is 2.11. The Morgan fingerprint density at radius 2 is 1.95 bits per heavy atom. The number of hydrogen-bond acceptors (Lipinski definition) is 3. The van der Waals surface area contributed by atoms with Crippen LogP contribution in [0.5, 0.6) is 0 Å². The van der Waals surface area contributed by atoms with Crippen molar-refractivity contribution in [3.63, 3.8) is 0 Å². The van der Waals surface area contributed by atoms with Crippen molar-refractivity contribution in [1.29, 1.82) is 0 Å². The quantitative estimate of drug-likeness (QED) is 0.866. The molecule has 0 saturated carbocycles. The molecule has 0 aliphatic rings. The normalized spacial score (nSPS) is 10.2. The number of carbonyl (C=O) groups is 1. The van der Waals surface area contributed by atoms with Crippen molar-refractivity contribution in [3.05, 3.63) is 65.0 Å². The fraction of sp³-hybridized carbons (Fsp3) is 0.188. The van der Waals surface area contributed by atoms with Gasteiger partial charge in [-0.05, 0) is 30.7 Å². The van der Waals surface area contributed by atoms with Gasteiger partial charge >= 0.3 is 5.97 Å². The lowest BCUT2D eigenvalue weighted by Crippen LogP contribution is -2.09. The number of nitrogens with one attached hydrogen (secondary N) is 1. The van der Waals surface area contributed by atoms with Crippen LogP contribution in [0.25, 0.3) is 0 Å². The summed E-state index contributed by atoms with van der Waals surface area (Å²) < 4.78 is 18.2. The fourth-order valence-electron chi connectivity index (χ4n) is 1.97. The predicted molar refractivity (Wildman–Crippen MR) is 76.2 cm³/mol. The summed E-state index contributed by atoms with van der Waals surface area (Å²) in [6.45, 7) is 2.14. The van der Waals surface area contributed by atoms with Crippen molar-refractivity contribution in [2.75, 3.05) is 12.4 Å². The van der Waals surface area contributed by atoms with Crippen LogP contribution in [0.15, 0.2) is 42.5 Å². The van der Waals surface area contributed by atoms with Crippen molar-refractivity contribution in [2.45, 2.75) is 13.5 Å². The fourth-order valence-corrected chi connectivity index (χ4v) is 1.97. The smallest absolute Gasteiger partial charge is 0.338 e. The molecule has 0 heterocycles. The number of benzene rings is 2. The second-order valence-electron chi connectivity index (χ2n) is 4.41. The van der Waals surface area contributed by atoms with Crippen LogP contribution in [0.4, 0.5) is 10.1 Å². The standard InChI is InChI=1S/C16H16FNO2/c1-11-14(17)8-5-9-15(11)18-10-12-6-3-4-7-13(12)16(19)20-2/h3-9,18H,10H2,1-2H3. The van der Waals surface area contributed by atoms with Gasteiger partial charge in [0, 0.05) is 17.8 Å². The lowest BCUT2D eigenvalue weighted by Gasteiger charge is -2.12. The minimum atomic E-state index is -0.377. The van der Waals surface area contributed by atoms with Crippen LogP contribution < -0.4 is 5.32 Å². The summed E-state index contributed by atoms with van der Waals surface area (Å²) in [5.41, 5.74) is 2.59. The first-order chi connectivity index (χ1) is 9.63. The van der Waals surface area contributed by atoms with Crippen molar-refractivity contribution in [3.8, 4) is 0 Å². The molecule has 0 spiro atoms. The highest BCUT2D eigenvalue weighted by atomic mass is 19.1. The first-order valence-electron chi connectivity index (χ1n) is 6.28. The van der Waals surface area contributed by atoms with Crippen molar-refractivity contribution < 1.29 is 13.9 Å². The second-order valence-corrected chi connectivity index (χ2v) is 4.41. The Kier molecular flexibility index (Phi) is 4.35. The van der Waals surface area contributed by atoms with E-state index in [9.17, 15) is 9.18 Å². The summed E-state index contributed by atoms with van der Waals surface area (Å²) in [4.78, 5) is 11.7. The SMILES string of the molecule is COC(=O)c1ccccc1CNc1cccc(F)c1C. The molecule has 0 unspecified atom stereocenters. The largest absolute Gasteiger partial charge is 0.465 e. The van der Waals surface area contributed by atoms with Crippen LogP contribution in [0.1, 0.15) is 21.5 Å². The van der Waals surface area contributed by atoms with E-state index in [2.05, 4.69) is 5.32 Å². The van der Waals surface area contributed by atoms with Gasteiger partial charge in [0.1, 0.15) is 5.82 Å². The Morgan fingerprint density at radius 3 is 2.70 bits per heavy atom. The summed E-state index contributed by atoms with van der Waals surface area (Å²) in [7, 11) is 1.35. The van der Waals surface area contributed by atoms with E-state index in [1.165, 1.54) is 13.2 Å². The minimum absolute atomic E-state index is 0.253. The number of ether oxygens (including phenoxy) is 1. The number of esters is 1. The average molecular weight is 273 g/mol. The number of rotatable bonds is 4. The number of halogens is 1. The van der Waals surface area contributed by atoms with Crippen LogP contribution in [0.3, 0.4) is 0 Å². The van der Waals surface area contributed by atoms with Crippen molar-refractivity contribution in [2.24, 2.45) is 0 Å². The molecule has 0 aliphatic heterocycles. The molecule has 2 rings (SSSR count). The van der Waals surface area contributed by atoms with Crippen LogP contribution >= 0.6 is 0 Å². The maximum Gasteiger partial charge on any atom is 0.338 e. The van der Waals surface area contributed by atoms with Gasteiger partial charge in [-0.25, -0.2) is 9.18 Å². The van der Waals surface area contributed by atoms with E-state index in [0.29, 0.717) is 23.4 Å². The lowest BCUT2D eigenvalue weighted by molar-refractivity contribution is 0.0599. The van der Waals surface area contributed by atoms with Gasteiger partial charge in [-0.15, -0.1) is 0 Å². The number of anilines is 1. The van der Waals surface area contributed by atoms with E-state index in [0.717, 1.165) is 5.56 Å². The lowest BCUT2D eigenvalue weighted by atomic mass is 10.1. The molecule has 3 nitrogen and oxygen atoms in total. The third-order valence-electron chi connectivity index (χ3n) is 3.16. The van der Waals surface area contributed by atoms with Gasteiger partial charge < -0.3 is 10.1 Å². The monoisotopic (exact) mass is 273 g/mol. The van der Waals surface area contributed by atoms with Crippen LogP contribution in [0, 0.1) is 12.7 Å². The molecule has 104 valence electrons. The second kappa shape index (κ2) is 6.19. The van der Waals surface area contributed by atoms with Crippen LogP contribution in [-0.2, 0) is 11.3 Å². The zero-order chi connectivity index (χ0) is 14.5. The van der Waals surface area contributed by atoms with Gasteiger partial charge in [-0.2, -0.15) is 0 Å². The van der Waals surface area contributed by atoms with E-state index in [-0.39, 0.29) is 11.8 Å². The third kappa shape index (κ3) is 2.96. The third-order valence-corrected chi connectivity index (χ3v) is 3.16. The van der Waals surface area contributed by atoms with Gasteiger partial charge in [0.05, 0.1) is 12.7 Å². The Morgan fingerprint density at radius 1 is 1.20 bits per heavy atom. The Hall–Kier alpha value is -2.36. The van der Waals surface area contributed by atoms with Gasteiger partial charge in [-0.1, -0.05) is 24.3 Å². The Bertz CT molecular complexity index is 626. The number of hydrogen-bond donors (Lipinski definition) is 1. The molecular formula is C16H16FNO2. The molecular weight excluding hydrogens is 257 g/mol. The molecule has 0 amide bonds. The molecule has 0 fully saturated rings. The maximum absolute atomic E-state index is 13.5. The minimum Gasteiger partial charge on any atom is -0.465 e. The van der Waals surface area contributed by atoms with Crippen molar-refractivity contribution >= 4 is 11.7 Å². The zero-order valence-corrected chi connectivity index (χ0v) is 11.4. The Labute approximate surface area is 117 Å². The molecule has 0 atom stereocenters.